The summed E-state index contributed by atoms with van der Waals surface area (Å²) in [6.45, 7) is 4.87. The van der Waals surface area contributed by atoms with E-state index in [0.29, 0.717) is 25.1 Å². The van der Waals surface area contributed by atoms with E-state index in [1.165, 1.54) is 0 Å². The molecule has 3 amide bonds. The van der Waals surface area contributed by atoms with E-state index in [-0.39, 0.29) is 24.1 Å². The van der Waals surface area contributed by atoms with E-state index in [4.69, 9.17) is 5.73 Å². The molecule has 1 atom stereocenters. The Morgan fingerprint density at radius 1 is 1.16 bits per heavy atom. The van der Waals surface area contributed by atoms with Crippen LogP contribution in [0.15, 0.2) is 18.2 Å². The van der Waals surface area contributed by atoms with Crippen molar-refractivity contribution in [2.45, 2.75) is 57.7 Å². The van der Waals surface area contributed by atoms with E-state index >= 15 is 0 Å². The lowest BCUT2D eigenvalue weighted by atomic mass is 10.0. The third kappa shape index (κ3) is 6.12. The fourth-order valence-electron chi connectivity index (χ4n) is 4.33. The van der Waals surface area contributed by atoms with Crippen molar-refractivity contribution in [2.75, 3.05) is 33.2 Å². The SMILES string of the molecule is CN(CCCCN)CCCCNCc1cccc2c1C(=O)N(C1CCC(=O)NC1=O)C2. The molecule has 31 heavy (non-hydrogen) atoms. The van der Waals surface area contributed by atoms with Gasteiger partial charge in [-0.3, -0.25) is 19.7 Å². The van der Waals surface area contributed by atoms with Crippen molar-refractivity contribution in [1.82, 2.24) is 20.4 Å². The summed E-state index contributed by atoms with van der Waals surface area (Å²) in [4.78, 5) is 40.7. The van der Waals surface area contributed by atoms with E-state index in [0.717, 1.165) is 63.0 Å². The molecule has 1 saturated heterocycles. The van der Waals surface area contributed by atoms with E-state index in [1.807, 2.05) is 18.2 Å². The Hall–Kier alpha value is -2.29. The Balaban J connectivity index is 1.46. The summed E-state index contributed by atoms with van der Waals surface area (Å²) in [5.41, 5.74) is 8.16. The molecule has 0 bridgehead atoms. The van der Waals surface area contributed by atoms with Gasteiger partial charge in [0.2, 0.25) is 11.8 Å². The highest BCUT2D eigenvalue weighted by Crippen LogP contribution is 2.29. The average molecular weight is 430 g/mol. The zero-order valence-electron chi connectivity index (χ0n) is 18.5. The second-order valence-corrected chi connectivity index (χ2v) is 8.53. The van der Waals surface area contributed by atoms with E-state index in [9.17, 15) is 14.4 Å². The van der Waals surface area contributed by atoms with Gasteiger partial charge in [0.1, 0.15) is 6.04 Å². The molecule has 0 aromatic heterocycles. The number of unbranched alkanes of at least 4 members (excludes halogenated alkanes) is 2. The van der Waals surface area contributed by atoms with Crippen LogP contribution in [0.5, 0.6) is 0 Å². The van der Waals surface area contributed by atoms with Crippen LogP contribution in [-0.4, -0.2) is 66.8 Å². The molecule has 2 aliphatic heterocycles. The van der Waals surface area contributed by atoms with Crippen molar-refractivity contribution in [3.8, 4) is 0 Å². The predicted octanol–water partition coefficient (Wildman–Crippen LogP) is 0.988. The minimum absolute atomic E-state index is 0.110. The number of nitrogens with zero attached hydrogens (tertiary/aromatic N) is 2. The topological polar surface area (TPSA) is 108 Å². The van der Waals surface area contributed by atoms with Crippen LogP contribution >= 0.6 is 0 Å². The first-order valence-corrected chi connectivity index (χ1v) is 11.4. The van der Waals surface area contributed by atoms with Gasteiger partial charge in [-0.25, -0.2) is 0 Å². The summed E-state index contributed by atoms with van der Waals surface area (Å²) in [7, 11) is 2.15. The molecule has 0 radical (unpaired) electrons. The third-order valence-corrected chi connectivity index (χ3v) is 6.09. The van der Waals surface area contributed by atoms with Crippen LogP contribution < -0.4 is 16.4 Å². The van der Waals surface area contributed by atoms with Crippen LogP contribution in [0.25, 0.3) is 0 Å². The molecule has 0 saturated carbocycles. The maximum atomic E-state index is 13.1. The maximum absolute atomic E-state index is 13.1. The number of imide groups is 1. The molecule has 4 N–H and O–H groups in total. The van der Waals surface area contributed by atoms with E-state index in [2.05, 4.69) is 22.6 Å². The van der Waals surface area contributed by atoms with Gasteiger partial charge in [-0.2, -0.15) is 0 Å². The van der Waals surface area contributed by atoms with E-state index in [1.54, 1.807) is 4.90 Å². The highest BCUT2D eigenvalue weighted by atomic mass is 16.2. The van der Waals surface area contributed by atoms with Gasteiger partial charge in [-0.15, -0.1) is 0 Å². The molecule has 1 unspecified atom stereocenters. The molecule has 2 heterocycles. The number of carbonyl (C=O) groups is 3. The normalized spacial score (nSPS) is 18.6. The number of hydrogen-bond donors (Lipinski definition) is 3. The average Bonchev–Trinajstić information content (AvgIpc) is 3.08. The van der Waals surface area contributed by atoms with Crippen molar-refractivity contribution < 1.29 is 14.4 Å². The van der Waals surface area contributed by atoms with Gasteiger partial charge in [0, 0.05) is 25.1 Å². The highest BCUT2D eigenvalue weighted by molar-refractivity contribution is 6.05. The van der Waals surface area contributed by atoms with Crippen molar-refractivity contribution in [3.05, 3.63) is 34.9 Å². The number of fused-ring (bicyclic) bond motifs is 1. The molecule has 8 heteroatoms. The van der Waals surface area contributed by atoms with Gasteiger partial charge >= 0.3 is 0 Å². The Labute approximate surface area is 184 Å². The molecular formula is C23H35N5O3. The molecule has 0 spiro atoms. The number of nitrogens with one attached hydrogen (secondary N) is 2. The third-order valence-electron chi connectivity index (χ3n) is 6.09. The fourth-order valence-corrected chi connectivity index (χ4v) is 4.33. The number of nitrogens with two attached hydrogens (primary N) is 1. The lowest BCUT2D eigenvalue weighted by molar-refractivity contribution is -0.136. The summed E-state index contributed by atoms with van der Waals surface area (Å²) in [6, 6.07) is 5.32. The lowest BCUT2D eigenvalue weighted by Gasteiger charge is -2.29. The van der Waals surface area contributed by atoms with Crippen LogP contribution in [0, 0.1) is 0 Å². The quantitative estimate of drug-likeness (QED) is 0.338. The number of amides is 3. The summed E-state index contributed by atoms with van der Waals surface area (Å²) >= 11 is 0. The Bertz CT molecular complexity index is 797. The van der Waals surface area contributed by atoms with Gasteiger partial charge in [0.15, 0.2) is 0 Å². The van der Waals surface area contributed by atoms with Crippen molar-refractivity contribution in [3.63, 3.8) is 0 Å². The molecule has 3 rings (SSSR count). The van der Waals surface area contributed by atoms with E-state index < -0.39 is 6.04 Å². The largest absolute Gasteiger partial charge is 0.330 e. The minimum atomic E-state index is -0.569. The lowest BCUT2D eigenvalue weighted by Crippen LogP contribution is -2.52. The molecule has 0 aliphatic carbocycles. The summed E-state index contributed by atoms with van der Waals surface area (Å²) in [6.07, 6.45) is 5.08. The number of rotatable bonds is 12. The second-order valence-electron chi connectivity index (χ2n) is 8.53. The maximum Gasteiger partial charge on any atom is 0.255 e. The van der Waals surface area contributed by atoms with Crippen LogP contribution in [0.3, 0.4) is 0 Å². The zero-order chi connectivity index (χ0) is 22.2. The zero-order valence-corrected chi connectivity index (χ0v) is 18.5. The molecule has 2 aliphatic rings. The number of piperidine rings is 1. The first-order valence-electron chi connectivity index (χ1n) is 11.4. The summed E-state index contributed by atoms with van der Waals surface area (Å²) < 4.78 is 0. The minimum Gasteiger partial charge on any atom is -0.330 e. The smallest absolute Gasteiger partial charge is 0.255 e. The van der Waals surface area contributed by atoms with Crippen LogP contribution in [0.1, 0.15) is 60.0 Å². The fraction of sp³-hybridized carbons (Fsp3) is 0.609. The monoisotopic (exact) mass is 429 g/mol. The second kappa shape index (κ2) is 11.4. The molecule has 1 fully saturated rings. The van der Waals surface area contributed by atoms with Crippen LogP contribution in [-0.2, 0) is 22.7 Å². The van der Waals surface area contributed by atoms with Crippen LogP contribution in [0.4, 0.5) is 0 Å². The van der Waals surface area contributed by atoms with Crippen molar-refractivity contribution in [2.24, 2.45) is 5.73 Å². The van der Waals surface area contributed by atoms with Gasteiger partial charge in [0.05, 0.1) is 0 Å². The Morgan fingerprint density at radius 3 is 2.68 bits per heavy atom. The number of hydrogen-bond acceptors (Lipinski definition) is 6. The van der Waals surface area contributed by atoms with Gasteiger partial charge in [-0.1, -0.05) is 18.2 Å². The summed E-state index contributed by atoms with van der Waals surface area (Å²) in [5, 5.41) is 5.81. The van der Waals surface area contributed by atoms with Crippen molar-refractivity contribution >= 4 is 17.7 Å². The first-order chi connectivity index (χ1) is 15.0. The standard InChI is InChI=1S/C23H35N5O3/c1-27(13-4-2-11-24)14-5-3-12-25-15-17-7-6-8-18-16-28(23(31)21(17)18)19-9-10-20(29)26-22(19)30/h6-8,19,25H,2-5,9-16,24H2,1H3,(H,26,29,30). The summed E-state index contributed by atoms with van der Waals surface area (Å²) in [5.74, 6) is -0.747. The molecular weight excluding hydrogens is 394 g/mol. The molecule has 8 nitrogen and oxygen atoms in total. The van der Waals surface area contributed by atoms with Gasteiger partial charge in [0.25, 0.3) is 5.91 Å². The molecule has 170 valence electrons. The van der Waals surface area contributed by atoms with Crippen molar-refractivity contribution in [1.29, 1.82) is 0 Å². The predicted molar refractivity (Wildman–Crippen MR) is 119 cm³/mol. The van der Waals surface area contributed by atoms with Crippen LogP contribution in [0.2, 0.25) is 0 Å². The Kier molecular flexibility index (Phi) is 8.57. The number of benzene rings is 1. The molecule has 1 aromatic rings. The van der Waals surface area contributed by atoms with Gasteiger partial charge in [-0.05, 0) is 76.5 Å². The highest BCUT2D eigenvalue weighted by Gasteiger charge is 2.39. The Morgan fingerprint density at radius 2 is 1.94 bits per heavy atom. The van der Waals surface area contributed by atoms with Gasteiger partial charge < -0.3 is 20.9 Å². The molecule has 1 aromatic carbocycles. The number of carbonyl (C=O) groups excluding carboxylic acids is 3. The first kappa shape index (κ1) is 23.4.